The van der Waals surface area contributed by atoms with Crippen molar-refractivity contribution in [3.63, 3.8) is 0 Å². The Bertz CT molecular complexity index is 644. The van der Waals surface area contributed by atoms with Gasteiger partial charge in [-0.05, 0) is 109 Å². The molecule has 0 aromatic heterocycles. The van der Waals surface area contributed by atoms with E-state index in [1.807, 2.05) is 0 Å². The van der Waals surface area contributed by atoms with E-state index in [2.05, 4.69) is 83.1 Å². The highest BCUT2D eigenvalue weighted by molar-refractivity contribution is 5.00. The minimum absolute atomic E-state index is 0.649. The van der Waals surface area contributed by atoms with E-state index in [4.69, 9.17) is 0 Å². The summed E-state index contributed by atoms with van der Waals surface area (Å²) < 4.78 is 0. The highest BCUT2D eigenvalue weighted by Crippen LogP contribution is 2.59. The molecule has 0 nitrogen and oxygen atoms in total. The van der Waals surface area contributed by atoms with Crippen LogP contribution < -0.4 is 0 Å². The minimum Gasteiger partial charge on any atom is -0.0651 e. The predicted octanol–water partition coefficient (Wildman–Crippen LogP) is 13.1. The van der Waals surface area contributed by atoms with E-state index in [-0.39, 0.29) is 0 Å². The van der Waals surface area contributed by atoms with Crippen LogP contribution in [0.2, 0.25) is 0 Å². The average Bonchev–Trinajstić information content (AvgIpc) is 2.84. The van der Waals surface area contributed by atoms with Crippen LogP contribution in [-0.4, -0.2) is 0 Å². The van der Waals surface area contributed by atoms with Crippen molar-refractivity contribution in [1.82, 2.24) is 0 Å². The van der Waals surface area contributed by atoms with Crippen LogP contribution in [0.15, 0.2) is 0 Å². The van der Waals surface area contributed by atoms with Crippen LogP contribution in [0.1, 0.15) is 173 Å². The van der Waals surface area contributed by atoms with Gasteiger partial charge in [0.2, 0.25) is 0 Å². The van der Waals surface area contributed by atoms with Gasteiger partial charge in [-0.15, -0.1) is 0 Å². The second-order valence-electron chi connectivity index (χ2n) is 16.8. The Morgan fingerprint density at radius 2 is 1.36 bits per heavy atom. The summed E-state index contributed by atoms with van der Waals surface area (Å²) in [5, 5.41) is 0. The molecule has 232 valence electrons. The van der Waals surface area contributed by atoms with Crippen molar-refractivity contribution in [3.05, 3.63) is 0 Å². The van der Waals surface area contributed by atoms with Crippen molar-refractivity contribution in [3.8, 4) is 0 Å². The largest absolute Gasteiger partial charge is 0.0651 e. The monoisotopic (exact) mass is 545 g/mol. The standard InChI is InChI=1S/C39H76/c1-13-30(8)26-39(29(6)7)25-24-37(39)32(10)16-14-15-17-35-22-23-36(35)38(34(12)28(4)5)33(11)21-20-31(9)19-18-27(2)3/h27-38H,13-26H2,1-12H3. The highest BCUT2D eigenvalue weighted by Gasteiger charge is 2.50. The smallest absolute Gasteiger partial charge is 0.0241 e. The van der Waals surface area contributed by atoms with E-state index < -0.39 is 0 Å². The third-order valence-corrected chi connectivity index (χ3v) is 13.0. The molecule has 0 amide bonds. The van der Waals surface area contributed by atoms with E-state index in [0.717, 1.165) is 71.0 Å². The summed E-state index contributed by atoms with van der Waals surface area (Å²) in [6.45, 7) is 30.1. The second kappa shape index (κ2) is 16.6. The van der Waals surface area contributed by atoms with Crippen LogP contribution >= 0.6 is 0 Å². The summed E-state index contributed by atoms with van der Waals surface area (Å²) in [6, 6.07) is 0. The van der Waals surface area contributed by atoms with Crippen LogP contribution in [0.25, 0.3) is 0 Å². The van der Waals surface area contributed by atoms with Crippen molar-refractivity contribution in [2.75, 3.05) is 0 Å². The molecule has 2 fully saturated rings. The Morgan fingerprint density at radius 3 is 1.85 bits per heavy atom. The van der Waals surface area contributed by atoms with E-state index in [1.54, 1.807) is 0 Å². The number of unbranched alkanes of at least 4 members (excludes halogenated alkanes) is 1. The van der Waals surface area contributed by atoms with E-state index >= 15 is 0 Å². The van der Waals surface area contributed by atoms with Crippen LogP contribution in [0.5, 0.6) is 0 Å². The molecule has 0 heteroatoms. The van der Waals surface area contributed by atoms with E-state index in [9.17, 15) is 0 Å². The van der Waals surface area contributed by atoms with Gasteiger partial charge in [-0.3, -0.25) is 0 Å². The van der Waals surface area contributed by atoms with Crippen LogP contribution in [-0.2, 0) is 0 Å². The van der Waals surface area contributed by atoms with Gasteiger partial charge in [0.1, 0.15) is 0 Å². The number of hydrogen-bond donors (Lipinski definition) is 0. The van der Waals surface area contributed by atoms with Crippen molar-refractivity contribution in [2.45, 2.75) is 173 Å². The van der Waals surface area contributed by atoms with Gasteiger partial charge in [0.25, 0.3) is 0 Å². The predicted molar refractivity (Wildman–Crippen MR) is 177 cm³/mol. The summed E-state index contributed by atoms with van der Waals surface area (Å²) in [6.07, 6.45) is 20.6. The first-order valence-electron chi connectivity index (χ1n) is 18.3. The fraction of sp³-hybridized carbons (Fsp3) is 1.00. The van der Waals surface area contributed by atoms with E-state index in [0.29, 0.717) is 5.41 Å². The minimum atomic E-state index is 0.649. The zero-order valence-electron chi connectivity index (χ0n) is 29.3. The van der Waals surface area contributed by atoms with Crippen molar-refractivity contribution in [2.24, 2.45) is 76.4 Å². The molecule has 0 aromatic carbocycles. The summed E-state index contributed by atoms with van der Waals surface area (Å²) in [5.41, 5.74) is 0.649. The first-order valence-corrected chi connectivity index (χ1v) is 18.3. The lowest BCUT2D eigenvalue weighted by molar-refractivity contribution is -0.0713. The fourth-order valence-corrected chi connectivity index (χ4v) is 9.34. The Hall–Kier alpha value is 0. The SMILES string of the molecule is CCC(C)CC1(C(C)C)CCC1C(C)CCCCC1CCC1C(C(C)CCC(C)CCC(C)C)C(C)C(C)C. The Labute approximate surface area is 249 Å². The lowest BCUT2D eigenvalue weighted by Gasteiger charge is -2.57. The van der Waals surface area contributed by atoms with E-state index in [1.165, 1.54) is 89.9 Å². The first kappa shape index (κ1) is 35.2. The van der Waals surface area contributed by atoms with Crippen molar-refractivity contribution >= 4 is 0 Å². The molecule has 0 aromatic rings. The zero-order valence-corrected chi connectivity index (χ0v) is 29.3. The molecule has 2 rings (SSSR count). The van der Waals surface area contributed by atoms with Crippen molar-refractivity contribution < 1.29 is 0 Å². The zero-order chi connectivity index (χ0) is 29.3. The second-order valence-corrected chi connectivity index (χ2v) is 16.8. The molecule has 0 bridgehead atoms. The molecule has 0 N–H and O–H groups in total. The highest BCUT2D eigenvalue weighted by atomic mass is 14.6. The maximum atomic E-state index is 2.63. The fourth-order valence-electron chi connectivity index (χ4n) is 9.34. The van der Waals surface area contributed by atoms with Gasteiger partial charge < -0.3 is 0 Å². The normalized spacial score (nSPS) is 30.1. The van der Waals surface area contributed by atoms with Crippen LogP contribution in [0.3, 0.4) is 0 Å². The Morgan fingerprint density at radius 1 is 0.692 bits per heavy atom. The summed E-state index contributed by atoms with van der Waals surface area (Å²) >= 11 is 0. The number of rotatable bonds is 20. The maximum absolute atomic E-state index is 2.63. The van der Waals surface area contributed by atoms with Gasteiger partial charge in [-0.25, -0.2) is 0 Å². The molecule has 39 heavy (non-hydrogen) atoms. The third-order valence-electron chi connectivity index (χ3n) is 13.0. The van der Waals surface area contributed by atoms with Gasteiger partial charge in [0, 0.05) is 0 Å². The summed E-state index contributed by atoms with van der Waals surface area (Å²) in [5.74, 6) is 11.0. The van der Waals surface area contributed by atoms with Gasteiger partial charge >= 0.3 is 0 Å². The van der Waals surface area contributed by atoms with Gasteiger partial charge in [0.05, 0.1) is 0 Å². The van der Waals surface area contributed by atoms with Gasteiger partial charge in [0.15, 0.2) is 0 Å². The molecule has 2 aliphatic carbocycles. The number of hydrogen-bond acceptors (Lipinski definition) is 0. The average molecular weight is 545 g/mol. The Balaban J connectivity index is 1.85. The quantitative estimate of drug-likeness (QED) is 0.134. The molecule has 0 saturated heterocycles. The first-order chi connectivity index (χ1) is 18.3. The molecule has 0 aliphatic heterocycles. The maximum Gasteiger partial charge on any atom is -0.0241 e. The lowest BCUT2D eigenvalue weighted by Crippen LogP contribution is -2.48. The molecule has 2 aliphatic rings. The molecule has 10 atom stereocenters. The lowest BCUT2D eigenvalue weighted by atomic mass is 9.48. The van der Waals surface area contributed by atoms with Crippen LogP contribution in [0.4, 0.5) is 0 Å². The molecular formula is C39H76. The molecule has 0 spiro atoms. The van der Waals surface area contributed by atoms with Crippen LogP contribution in [0, 0.1) is 76.4 Å². The molecule has 0 heterocycles. The van der Waals surface area contributed by atoms with Crippen molar-refractivity contribution in [1.29, 1.82) is 0 Å². The molecule has 2 saturated carbocycles. The molecule has 10 unspecified atom stereocenters. The summed E-state index contributed by atoms with van der Waals surface area (Å²) in [7, 11) is 0. The summed E-state index contributed by atoms with van der Waals surface area (Å²) in [4.78, 5) is 0. The third kappa shape index (κ3) is 9.77. The van der Waals surface area contributed by atoms with Gasteiger partial charge in [-0.2, -0.15) is 0 Å². The topological polar surface area (TPSA) is 0 Å². The van der Waals surface area contributed by atoms with Gasteiger partial charge in [-0.1, -0.05) is 141 Å². The molecular weight excluding hydrogens is 468 g/mol. The molecule has 0 radical (unpaired) electrons. The Kier molecular flexibility index (Phi) is 15.0.